The number of nitro benzene ring substituents is 1. The van der Waals surface area contributed by atoms with Gasteiger partial charge in [-0.05, 0) is 49.2 Å². The lowest BCUT2D eigenvalue weighted by molar-refractivity contribution is -0.384. The lowest BCUT2D eigenvalue weighted by Gasteiger charge is -2.16. The molecule has 1 amide bonds. The summed E-state index contributed by atoms with van der Waals surface area (Å²) in [4.78, 5) is 23.1. The maximum atomic E-state index is 12.7. The molecular formula is C20H21N5O5S. The van der Waals surface area contributed by atoms with E-state index >= 15 is 0 Å². The number of sulfonamides is 1. The fraction of sp³-hybridized carbons (Fsp3) is 0.200. The zero-order valence-corrected chi connectivity index (χ0v) is 18.2. The van der Waals surface area contributed by atoms with Crippen LogP contribution < -0.4 is 5.32 Å². The maximum Gasteiger partial charge on any atom is 0.269 e. The fourth-order valence-corrected chi connectivity index (χ4v) is 3.83. The van der Waals surface area contributed by atoms with Gasteiger partial charge in [0.1, 0.15) is 0 Å². The quantitative estimate of drug-likeness (QED) is 0.461. The summed E-state index contributed by atoms with van der Waals surface area (Å²) in [5, 5.41) is 17.7. The van der Waals surface area contributed by atoms with Gasteiger partial charge >= 0.3 is 0 Å². The number of nitro groups is 1. The van der Waals surface area contributed by atoms with Crippen LogP contribution in [0, 0.1) is 24.0 Å². The molecule has 0 aliphatic heterocycles. The van der Waals surface area contributed by atoms with Gasteiger partial charge in [0, 0.05) is 38.1 Å². The molecule has 0 bridgehead atoms. The molecule has 0 fully saturated rings. The second kappa shape index (κ2) is 8.28. The van der Waals surface area contributed by atoms with Crippen LogP contribution in [0.5, 0.6) is 0 Å². The number of hydrogen-bond acceptors (Lipinski definition) is 6. The van der Waals surface area contributed by atoms with Gasteiger partial charge in [-0.15, -0.1) is 0 Å². The number of carbonyl (C=O) groups is 1. The summed E-state index contributed by atoms with van der Waals surface area (Å²) in [5.41, 5.74) is 2.60. The molecule has 3 aromatic rings. The van der Waals surface area contributed by atoms with E-state index in [1.54, 1.807) is 19.9 Å². The van der Waals surface area contributed by atoms with Crippen molar-refractivity contribution in [3.63, 3.8) is 0 Å². The number of nitrogens with zero attached hydrogens (tertiary/aromatic N) is 4. The minimum atomic E-state index is -3.66. The minimum Gasteiger partial charge on any atom is -0.322 e. The highest BCUT2D eigenvalue weighted by molar-refractivity contribution is 7.89. The first-order valence-corrected chi connectivity index (χ1v) is 10.6. The van der Waals surface area contributed by atoms with Gasteiger partial charge in [0.25, 0.3) is 11.6 Å². The number of benzene rings is 2. The Hall–Kier alpha value is -3.57. The molecule has 1 heterocycles. The molecule has 11 heteroatoms. The van der Waals surface area contributed by atoms with E-state index in [1.165, 1.54) is 61.5 Å². The number of nitrogens with one attached hydrogen (secondary N) is 1. The van der Waals surface area contributed by atoms with Crippen molar-refractivity contribution in [2.75, 3.05) is 19.4 Å². The molecule has 1 N–H and O–H groups in total. The van der Waals surface area contributed by atoms with Crippen molar-refractivity contribution >= 4 is 27.3 Å². The molecule has 3 rings (SSSR count). The molecule has 0 saturated carbocycles. The van der Waals surface area contributed by atoms with Crippen LogP contribution in [0.2, 0.25) is 0 Å². The van der Waals surface area contributed by atoms with E-state index in [2.05, 4.69) is 10.4 Å². The number of rotatable bonds is 6. The predicted molar refractivity (Wildman–Crippen MR) is 115 cm³/mol. The lowest BCUT2D eigenvalue weighted by atomic mass is 10.1. The Bertz CT molecular complexity index is 1260. The third-order valence-corrected chi connectivity index (χ3v) is 6.63. The van der Waals surface area contributed by atoms with Crippen molar-refractivity contribution in [1.29, 1.82) is 0 Å². The highest BCUT2D eigenvalue weighted by Gasteiger charge is 2.21. The molecule has 0 atom stereocenters. The smallest absolute Gasteiger partial charge is 0.269 e. The first-order valence-electron chi connectivity index (χ1n) is 9.15. The van der Waals surface area contributed by atoms with Crippen molar-refractivity contribution < 1.29 is 18.1 Å². The summed E-state index contributed by atoms with van der Waals surface area (Å²) in [6.45, 7) is 3.56. The summed E-state index contributed by atoms with van der Waals surface area (Å²) in [6.07, 6.45) is 2.85. The molecule has 0 spiro atoms. The Balaban J connectivity index is 1.87. The van der Waals surface area contributed by atoms with Crippen molar-refractivity contribution in [3.8, 4) is 5.69 Å². The summed E-state index contributed by atoms with van der Waals surface area (Å²) >= 11 is 0. The molecule has 0 saturated heterocycles. The van der Waals surface area contributed by atoms with Crippen LogP contribution in [0.25, 0.3) is 5.69 Å². The largest absolute Gasteiger partial charge is 0.322 e. The van der Waals surface area contributed by atoms with E-state index in [0.29, 0.717) is 11.4 Å². The lowest BCUT2D eigenvalue weighted by Crippen LogP contribution is -2.23. The molecule has 162 valence electrons. The summed E-state index contributed by atoms with van der Waals surface area (Å²) in [7, 11) is -0.783. The Kier molecular flexibility index (Phi) is 5.91. The number of hydrogen-bond donors (Lipinski definition) is 1. The van der Waals surface area contributed by atoms with Crippen molar-refractivity contribution in [2.24, 2.45) is 0 Å². The number of carbonyl (C=O) groups excluding carboxylic acids is 1. The molecular weight excluding hydrogens is 422 g/mol. The normalized spacial score (nSPS) is 11.5. The number of anilines is 1. The first-order chi connectivity index (χ1) is 14.5. The molecule has 1 aromatic heterocycles. The van der Waals surface area contributed by atoms with Gasteiger partial charge in [-0.25, -0.2) is 17.4 Å². The van der Waals surface area contributed by atoms with Crippen LogP contribution in [-0.2, 0) is 10.0 Å². The monoisotopic (exact) mass is 443 g/mol. The number of aromatic nitrogens is 2. The highest BCUT2D eigenvalue weighted by Crippen LogP contribution is 2.26. The van der Waals surface area contributed by atoms with Gasteiger partial charge in [-0.3, -0.25) is 14.9 Å². The Labute approximate surface area is 179 Å². The van der Waals surface area contributed by atoms with Crippen LogP contribution in [0.3, 0.4) is 0 Å². The van der Waals surface area contributed by atoms with E-state index in [9.17, 15) is 23.3 Å². The van der Waals surface area contributed by atoms with Gasteiger partial charge in [-0.1, -0.05) is 0 Å². The molecule has 31 heavy (non-hydrogen) atoms. The summed E-state index contributed by atoms with van der Waals surface area (Å²) in [5.74, 6) is -0.463. The van der Waals surface area contributed by atoms with Crippen LogP contribution in [-0.4, -0.2) is 47.4 Å². The molecule has 10 nitrogen and oxygen atoms in total. The topological polar surface area (TPSA) is 127 Å². The number of non-ortho nitro benzene ring substituents is 1. The second-order valence-electron chi connectivity index (χ2n) is 7.10. The van der Waals surface area contributed by atoms with Crippen LogP contribution in [0.1, 0.15) is 21.5 Å². The third-order valence-electron chi connectivity index (χ3n) is 4.84. The molecule has 0 aliphatic carbocycles. The van der Waals surface area contributed by atoms with Crippen LogP contribution in [0.4, 0.5) is 11.4 Å². The zero-order valence-electron chi connectivity index (χ0n) is 17.4. The van der Waals surface area contributed by atoms with Gasteiger partial charge in [0.05, 0.1) is 27.3 Å². The standard InChI is InChI=1S/C20H21N5O5S/c1-13-9-18(31(29,30)23(3)4)10-19(14(13)2)22-20(26)15-11-21-24(12-15)16-5-7-17(8-6-16)25(27)28/h5-12H,1-4H3,(H,22,26). The van der Waals surface area contributed by atoms with Gasteiger partial charge in [0.15, 0.2) is 0 Å². The number of amides is 1. The van der Waals surface area contributed by atoms with Crippen molar-refractivity contribution in [2.45, 2.75) is 18.7 Å². The average Bonchev–Trinajstić information content (AvgIpc) is 3.21. The number of aryl methyl sites for hydroxylation is 1. The average molecular weight is 443 g/mol. The van der Waals surface area contributed by atoms with Crippen LogP contribution in [0.15, 0.2) is 53.7 Å². The minimum absolute atomic E-state index is 0.0488. The molecule has 0 unspecified atom stereocenters. The summed E-state index contributed by atoms with van der Waals surface area (Å²) < 4.78 is 27.5. The SMILES string of the molecule is Cc1cc(S(=O)(=O)N(C)C)cc(NC(=O)c2cnn(-c3ccc([N+](=O)[O-])cc3)c2)c1C. The summed E-state index contributed by atoms with van der Waals surface area (Å²) in [6, 6.07) is 8.73. The van der Waals surface area contributed by atoms with Crippen LogP contribution >= 0.6 is 0 Å². The van der Waals surface area contributed by atoms with Gasteiger partial charge < -0.3 is 5.32 Å². The van der Waals surface area contributed by atoms with Gasteiger partial charge in [0.2, 0.25) is 10.0 Å². The zero-order chi connectivity index (χ0) is 22.9. The third kappa shape index (κ3) is 4.47. The molecule has 0 radical (unpaired) electrons. The predicted octanol–water partition coefficient (Wildman–Crippen LogP) is 2.90. The fourth-order valence-electron chi connectivity index (χ4n) is 2.82. The highest BCUT2D eigenvalue weighted by atomic mass is 32.2. The second-order valence-corrected chi connectivity index (χ2v) is 9.25. The molecule has 2 aromatic carbocycles. The van der Waals surface area contributed by atoms with E-state index in [0.717, 1.165) is 15.4 Å². The van der Waals surface area contributed by atoms with Crippen molar-refractivity contribution in [3.05, 3.63) is 75.6 Å². The van der Waals surface area contributed by atoms with E-state index < -0.39 is 20.9 Å². The Morgan fingerprint density at radius 1 is 1.16 bits per heavy atom. The molecule has 0 aliphatic rings. The first kappa shape index (κ1) is 22.1. The van der Waals surface area contributed by atoms with E-state index in [-0.39, 0.29) is 16.1 Å². The Morgan fingerprint density at radius 2 is 1.81 bits per heavy atom. The van der Waals surface area contributed by atoms with Crippen molar-refractivity contribution in [1.82, 2.24) is 14.1 Å². The van der Waals surface area contributed by atoms with E-state index in [1.807, 2.05) is 0 Å². The maximum absolute atomic E-state index is 12.7. The van der Waals surface area contributed by atoms with E-state index in [4.69, 9.17) is 0 Å². The Morgan fingerprint density at radius 3 is 2.39 bits per heavy atom. The van der Waals surface area contributed by atoms with Gasteiger partial charge in [-0.2, -0.15) is 5.10 Å².